The Hall–Kier alpha value is -2.98. The number of ether oxygens (including phenoxy) is 2. The Morgan fingerprint density at radius 2 is 1.84 bits per heavy atom. The third kappa shape index (κ3) is 5.29. The van der Waals surface area contributed by atoms with Gasteiger partial charge < -0.3 is 14.6 Å². The molecule has 7 nitrogen and oxygen atoms in total. The van der Waals surface area contributed by atoms with Gasteiger partial charge in [-0.3, -0.25) is 4.79 Å². The summed E-state index contributed by atoms with van der Waals surface area (Å²) in [6, 6.07) is 13.5. The second kappa shape index (κ2) is 11.0. The van der Waals surface area contributed by atoms with Gasteiger partial charge in [0, 0.05) is 22.6 Å². The van der Waals surface area contributed by atoms with Crippen molar-refractivity contribution >= 4 is 27.6 Å². The number of rotatable bonds is 8. The van der Waals surface area contributed by atoms with Gasteiger partial charge in [-0.1, -0.05) is 54.9 Å². The summed E-state index contributed by atoms with van der Waals surface area (Å²) in [5.41, 5.74) is 2.61. The molecular formula is C28H29ClFNO6S. The number of carboxylic acid groups (broad SMARTS) is 1. The summed E-state index contributed by atoms with van der Waals surface area (Å²) in [6.07, 6.45) is -0.724. The van der Waals surface area contributed by atoms with E-state index in [1.807, 2.05) is 30.3 Å². The Bertz CT molecular complexity index is 1460. The van der Waals surface area contributed by atoms with Gasteiger partial charge in [0.15, 0.2) is 6.73 Å². The van der Waals surface area contributed by atoms with Crippen LogP contribution in [0.15, 0.2) is 59.5 Å². The molecule has 202 valence electrons. The van der Waals surface area contributed by atoms with Crippen molar-refractivity contribution in [2.24, 2.45) is 0 Å². The van der Waals surface area contributed by atoms with E-state index in [2.05, 4.69) is 0 Å². The van der Waals surface area contributed by atoms with Crippen LogP contribution >= 0.6 is 11.6 Å². The molecule has 0 bridgehead atoms. The van der Waals surface area contributed by atoms with E-state index in [4.69, 9.17) is 21.1 Å². The number of sulfonamides is 1. The number of nitrogens with zero attached hydrogens (tertiary/aromatic N) is 1. The van der Waals surface area contributed by atoms with Crippen LogP contribution in [0.1, 0.15) is 53.7 Å². The molecule has 0 radical (unpaired) electrons. The van der Waals surface area contributed by atoms with E-state index < -0.39 is 46.6 Å². The van der Waals surface area contributed by atoms with Gasteiger partial charge in [-0.15, -0.1) is 4.31 Å². The van der Waals surface area contributed by atoms with Gasteiger partial charge in [0.2, 0.25) is 0 Å². The van der Waals surface area contributed by atoms with Crippen LogP contribution in [-0.2, 0) is 26.2 Å². The number of carbonyl (C=O) groups is 1. The molecule has 3 atom stereocenters. The van der Waals surface area contributed by atoms with Crippen molar-refractivity contribution in [3.8, 4) is 5.75 Å². The van der Waals surface area contributed by atoms with Crippen LogP contribution in [-0.4, -0.2) is 36.6 Å². The van der Waals surface area contributed by atoms with Crippen LogP contribution in [0.25, 0.3) is 0 Å². The Morgan fingerprint density at radius 1 is 1.16 bits per heavy atom. The summed E-state index contributed by atoms with van der Waals surface area (Å²) in [5.74, 6) is -3.03. The molecule has 0 saturated heterocycles. The molecule has 1 N–H and O–H groups in total. The first-order valence-electron chi connectivity index (χ1n) is 12.1. The van der Waals surface area contributed by atoms with E-state index in [0.717, 1.165) is 15.4 Å². The molecule has 0 aliphatic carbocycles. The van der Waals surface area contributed by atoms with Gasteiger partial charge in [0.1, 0.15) is 22.5 Å². The number of fused-ring (bicyclic) bond motifs is 1. The van der Waals surface area contributed by atoms with E-state index in [0.29, 0.717) is 5.56 Å². The SMILES string of the molecule is Cc1ccc(F)c(C(C)[C@@H](C(=O)O)N2COc3cc(Cl)cc(C(C)OCc4ccccc4)c3S2(=O)=O)c1C. The fraction of sp³-hybridized carbons (Fsp3) is 0.321. The zero-order valence-electron chi connectivity index (χ0n) is 21.4. The first-order chi connectivity index (χ1) is 17.9. The van der Waals surface area contributed by atoms with Gasteiger partial charge in [0.05, 0.1) is 12.7 Å². The average Bonchev–Trinajstić information content (AvgIpc) is 2.86. The maximum Gasteiger partial charge on any atom is 0.322 e. The fourth-order valence-corrected chi connectivity index (χ4v) is 6.93. The molecule has 3 aromatic rings. The minimum atomic E-state index is -4.42. The quantitative estimate of drug-likeness (QED) is 0.364. The number of aliphatic carboxylic acids is 1. The summed E-state index contributed by atoms with van der Waals surface area (Å²) in [6.45, 7) is 6.31. The van der Waals surface area contributed by atoms with E-state index in [1.54, 1.807) is 26.8 Å². The molecular weight excluding hydrogens is 533 g/mol. The lowest BCUT2D eigenvalue weighted by atomic mass is 9.88. The Kier molecular flexibility index (Phi) is 8.13. The van der Waals surface area contributed by atoms with Crippen LogP contribution in [0.3, 0.4) is 0 Å². The highest BCUT2D eigenvalue weighted by Gasteiger charge is 2.46. The lowest BCUT2D eigenvalue weighted by Gasteiger charge is -2.37. The minimum Gasteiger partial charge on any atom is -0.480 e. The van der Waals surface area contributed by atoms with Gasteiger partial charge in [0.25, 0.3) is 10.0 Å². The maximum atomic E-state index is 14.9. The molecule has 4 rings (SSSR count). The van der Waals surface area contributed by atoms with Gasteiger partial charge in [-0.2, -0.15) is 0 Å². The summed E-state index contributed by atoms with van der Waals surface area (Å²) in [7, 11) is -4.42. The monoisotopic (exact) mass is 561 g/mol. The number of benzene rings is 3. The van der Waals surface area contributed by atoms with Gasteiger partial charge in [-0.25, -0.2) is 12.8 Å². The Labute approximate surface area is 226 Å². The van der Waals surface area contributed by atoms with Crippen molar-refractivity contribution in [3.63, 3.8) is 0 Å². The molecule has 0 spiro atoms. The minimum absolute atomic E-state index is 0.00798. The van der Waals surface area contributed by atoms with Gasteiger partial charge >= 0.3 is 5.97 Å². The summed E-state index contributed by atoms with van der Waals surface area (Å²) in [5, 5.41) is 10.4. The van der Waals surface area contributed by atoms with Crippen molar-refractivity contribution in [3.05, 3.63) is 93.3 Å². The third-order valence-electron chi connectivity index (χ3n) is 6.97. The van der Waals surface area contributed by atoms with E-state index >= 15 is 0 Å². The zero-order chi connectivity index (χ0) is 27.8. The molecule has 1 aliphatic rings. The van der Waals surface area contributed by atoms with Crippen molar-refractivity contribution in [1.29, 1.82) is 0 Å². The summed E-state index contributed by atoms with van der Waals surface area (Å²) >= 11 is 6.29. The van der Waals surface area contributed by atoms with Crippen LogP contribution in [0, 0.1) is 19.7 Å². The van der Waals surface area contributed by atoms with Crippen molar-refractivity contribution in [2.45, 2.75) is 57.3 Å². The first-order valence-corrected chi connectivity index (χ1v) is 13.9. The molecule has 0 amide bonds. The second-order valence-electron chi connectivity index (χ2n) is 9.40. The predicted octanol–water partition coefficient (Wildman–Crippen LogP) is 5.97. The number of carboxylic acids is 1. The largest absolute Gasteiger partial charge is 0.480 e. The fourth-order valence-electron chi connectivity index (χ4n) is 4.82. The van der Waals surface area contributed by atoms with Crippen molar-refractivity contribution in [1.82, 2.24) is 4.31 Å². The second-order valence-corrected chi connectivity index (χ2v) is 11.7. The Balaban J connectivity index is 1.75. The smallest absolute Gasteiger partial charge is 0.322 e. The predicted molar refractivity (Wildman–Crippen MR) is 141 cm³/mol. The molecule has 38 heavy (non-hydrogen) atoms. The lowest BCUT2D eigenvalue weighted by Crippen LogP contribution is -2.51. The Morgan fingerprint density at radius 3 is 2.50 bits per heavy atom. The highest BCUT2D eigenvalue weighted by atomic mass is 35.5. The number of hydrogen-bond donors (Lipinski definition) is 1. The normalized spacial score (nSPS) is 17.2. The zero-order valence-corrected chi connectivity index (χ0v) is 23.0. The van der Waals surface area contributed by atoms with Crippen LogP contribution < -0.4 is 4.74 Å². The standard InChI is InChI=1S/C28H29ClFNO6S/c1-16-10-11-23(30)25(17(16)2)18(3)26(28(32)33)31-15-37-24-13-21(29)12-22(27(24)38(31,34)35)19(4)36-14-20-8-6-5-7-9-20/h5-13,18-19,26H,14-15H2,1-4H3,(H,32,33)/t18?,19?,26-/m0/s1. The van der Waals surface area contributed by atoms with E-state index in [9.17, 15) is 22.7 Å². The molecule has 0 fully saturated rings. The highest BCUT2D eigenvalue weighted by molar-refractivity contribution is 7.89. The third-order valence-corrected chi connectivity index (χ3v) is 9.09. The highest BCUT2D eigenvalue weighted by Crippen LogP contribution is 2.43. The van der Waals surface area contributed by atoms with Crippen LogP contribution in [0.2, 0.25) is 5.02 Å². The number of aryl methyl sites for hydroxylation is 1. The van der Waals surface area contributed by atoms with Gasteiger partial charge in [-0.05, 0) is 55.2 Å². The van der Waals surface area contributed by atoms with Crippen LogP contribution in [0.4, 0.5) is 4.39 Å². The molecule has 1 aliphatic heterocycles. The van der Waals surface area contributed by atoms with Crippen LogP contribution in [0.5, 0.6) is 5.75 Å². The number of halogens is 2. The molecule has 0 aromatic heterocycles. The molecule has 0 saturated carbocycles. The number of hydrogen-bond acceptors (Lipinski definition) is 5. The van der Waals surface area contributed by atoms with E-state index in [1.165, 1.54) is 25.1 Å². The molecule has 1 heterocycles. The lowest BCUT2D eigenvalue weighted by molar-refractivity contribution is -0.143. The van der Waals surface area contributed by atoms with Crippen molar-refractivity contribution < 1.29 is 32.2 Å². The average molecular weight is 562 g/mol. The van der Waals surface area contributed by atoms with Crippen molar-refractivity contribution in [2.75, 3.05) is 6.73 Å². The topological polar surface area (TPSA) is 93.1 Å². The summed E-state index contributed by atoms with van der Waals surface area (Å²) < 4.78 is 55.5. The maximum absolute atomic E-state index is 14.9. The summed E-state index contributed by atoms with van der Waals surface area (Å²) in [4.78, 5) is 12.3. The molecule has 3 aromatic carbocycles. The molecule has 10 heteroatoms. The van der Waals surface area contributed by atoms with E-state index in [-0.39, 0.29) is 33.4 Å². The first kappa shape index (κ1) is 28.0. The molecule has 2 unspecified atom stereocenters.